The van der Waals surface area contributed by atoms with Gasteiger partial charge in [-0.1, -0.05) is 0 Å². The fourth-order valence-electron chi connectivity index (χ4n) is 1.46. The zero-order chi connectivity index (χ0) is 10.8. The minimum atomic E-state index is -0.418. The van der Waals surface area contributed by atoms with E-state index in [9.17, 15) is 9.18 Å². The maximum atomic E-state index is 13.5. The van der Waals surface area contributed by atoms with E-state index in [-0.39, 0.29) is 18.3 Å². The van der Waals surface area contributed by atoms with Crippen LogP contribution >= 0.6 is 15.9 Å². The highest BCUT2D eigenvalue weighted by atomic mass is 79.9. The molecular formula is C9H9BrFN3O. The molecule has 1 aliphatic heterocycles. The number of piperazine rings is 1. The van der Waals surface area contributed by atoms with Crippen molar-refractivity contribution >= 4 is 27.7 Å². The molecule has 1 aromatic heterocycles. The summed E-state index contributed by atoms with van der Waals surface area (Å²) in [6.07, 6.45) is 1.52. The number of anilines is 1. The Bertz CT molecular complexity index is 399. The zero-order valence-corrected chi connectivity index (χ0v) is 9.42. The van der Waals surface area contributed by atoms with Gasteiger partial charge in [0.05, 0.1) is 6.54 Å². The quantitative estimate of drug-likeness (QED) is 0.828. The molecule has 0 bridgehead atoms. The van der Waals surface area contributed by atoms with Crippen molar-refractivity contribution in [2.75, 3.05) is 24.5 Å². The summed E-state index contributed by atoms with van der Waals surface area (Å²) in [4.78, 5) is 16.7. The Kier molecular flexibility index (Phi) is 2.86. The first-order valence-electron chi connectivity index (χ1n) is 4.49. The molecule has 15 heavy (non-hydrogen) atoms. The second kappa shape index (κ2) is 4.14. The lowest BCUT2D eigenvalue weighted by Crippen LogP contribution is -2.48. The van der Waals surface area contributed by atoms with Gasteiger partial charge in [-0.15, -0.1) is 0 Å². The van der Waals surface area contributed by atoms with Crippen LogP contribution < -0.4 is 10.2 Å². The molecule has 80 valence electrons. The summed E-state index contributed by atoms with van der Waals surface area (Å²) >= 11 is 3.13. The largest absolute Gasteiger partial charge is 0.353 e. The molecule has 0 radical (unpaired) electrons. The van der Waals surface area contributed by atoms with Crippen LogP contribution in [0, 0.1) is 5.82 Å². The van der Waals surface area contributed by atoms with Gasteiger partial charge in [0.25, 0.3) is 0 Å². The molecule has 0 unspecified atom stereocenters. The van der Waals surface area contributed by atoms with E-state index in [0.29, 0.717) is 17.6 Å². The molecule has 0 aliphatic carbocycles. The minimum Gasteiger partial charge on any atom is -0.353 e. The van der Waals surface area contributed by atoms with Crippen molar-refractivity contribution in [3.8, 4) is 0 Å². The van der Waals surface area contributed by atoms with Crippen molar-refractivity contribution in [3.05, 3.63) is 22.6 Å². The highest BCUT2D eigenvalue weighted by Crippen LogP contribution is 2.20. The Morgan fingerprint density at radius 1 is 1.60 bits per heavy atom. The van der Waals surface area contributed by atoms with Crippen molar-refractivity contribution in [2.24, 2.45) is 0 Å². The molecule has 1 saturated heterocycles. The van der Waals surface area contributed by atoms with E-state index in [4.69, 9.17) is 0 Å². The number of carbonyl (C=O) groups is 1. The number of halogens is 2. The molecule has 1 N–H and O–H groups in total. The van der Waals surface area contributed by atoms with E-state index >= 15 is 0 Å². The summed E-state index contributed by atoms with van der Waals surface area (Å²) in [5.74, 6) is -0.294. The Labute approximate surface area is 94.6 Å². The van der Waals surface area contributed by atoms with Gasteiger partial charge in [-0.3, -0.25) is 4.79 Å². The van der Waals surface area contributed by atoms with Crippen molar-refractivity contribution in [2.45, 2.75) is 0 Å². The van der Waals surface area contributed by atoms with E-state index in [1.54, 1.807) is 4.90 Å². The van der Waals surface area contributed by atoms with Crippen molar-refractivity contribution in [1.82, 2.24) is 10.3 Å². The molecule has 0 saturated carbocycles. The molecule has 0 atom stereocenters. The van der Waals surface area contributed by atoms with Gasteiger partial charge in [-0.05, 0) is 22.0 Å². The molecule has 1 aromatic rings. The number of hydrogen-bond acceptors (Lipinski definition) is 3. The lowest BCUT2D eigenvalue weighted by atomic mass is 10.3. The number of rotatable bonds is 1. The van der Waals surface area contributed by atoms with Crippen molar-refractivity contribution in [1.29, 1.82) is 0 Å². The number of hydrogen-bond donors (Lipinski definition) is 1. The first kappa shape index (κ1) is 10.4. The Balaban J connectivity index is 2.24. The highest BCUT2D eigenvalue weighted by Gasteiger charge is 2.20. The fraction of sp³-hybridized carbons (Fsp3) is 0.333. The van der Waals surface area contributed by atoms with Crippen LogP contribution in [0.25, 0.3) is 0 Å². The van der Waals surface area contributed by atoms with E-state index in [1.165, 1.54) is 12.3 Å². The number of carbonyl (C=O) groups excluding carboxylic acids is 1. The zero-order valence-electron chi connectivity index (χ0n) is 7.83. The molecule has 1 fully saturated rings. The predicted molar refractivity (Wildman–Crippen MR) is 57.1 cm³/mol. The SMILES string of the molecule is O=C1CN(c2ncc(Br)cc2F)CCN1. The second-order valence-electron chi connectivity index (χ2n) is 3.23. The van der Waals surface area contributed by atoms with Crippen LogP contribution in [0.4, 0.5) is 10.2 Å². The van der Waals surface area contributed by atoms with Crippen molar-refractivity contribution in [3.63, 3.8) is 0 Å². The fourth-order valence-corrected chi connectivity index (χ4v) is 1.76. The van der Waals surface area contributed by atoms with Gasteiger partial charge in [0.1, 0.15) is 0 Å². The van der Waals surface area contributed by atoms with Gasteiger partial charge in [0, 0.05) is 23.8 Å². The molecule has 0 aromatic carbocycles. The third kappa shape index (κ3) is 2.26. The van der Waals surface area contributed by atoms with Crippen LogP contribution in [0.2, 0.25) is 0 Å². The number of aromatic nitrogens is 1. The Morgan fingerprint density at radius 2 is 2.40 bits per heavy atom. The van der Waals surface area contributed by atoms with Crippen LogP contribution in [0.5, 0.6) is 0 Å². The molecule has 2 rings (SSSR count). The molecule has 2 heterocycles. The summed E-state index contributed by atoms with van der Waals surface area (Å²) in [5.41, 5.74) is 0. The van der Waals surface area contributed by atoms with Gasteiger partial charge in [-0.25, -0.2) is 9.37 Å². The highest BCUT2D eigenvalue weighted by molar-refractivity contribution is 9.10. The van der Waals surface area contributed by atoms with Crippen LogP contribution in [0.15, 0.2) is 16.7 Å². The average Bonchev–Trinajstić information content (AvgIpc) is 2.17. The maximum Gasteiger partial charge on any atom is 0.239 e. The van der Waals surface area contributed by atoms with Crippen molar-refractivity contribution < 1.29 is 9.18 Å². The summed E-state index contributed by atoms with van der Waals surface area (Å²) < 4.78 is 14.1. The Hall–Kier alpha value is -1.17. The molecule has 6 heteroatoms. The van der Waals surface area contributed by atoms with Crippen LogP contribution in [-0.2, 0) is 4.79 Å². The standard InChI is InChI=1S/C9H9BrFN3O/c10-6-3-7(11)9(13-4-6)14-2-1-12-8(15)5-14/h3-4H,1-2,5H2,(H,12,15). The normalized spacial score (nSPS) is 16.4. The molecule has 1 aliphatic rings. The summed E-state index contributed by atoms with van der Waals surface area (Å²) in [6, 6.07) is 1.34. The topological polar surface area (TPSA) is 45.2 Å². The predicted octanol–water partition coefficient (Wildman–Crippen LogP) is 0.919. The molecule has 0 spiro atoms. The summed E-state index contributed by atoms with van der Waals surface area (Å²) in [6.45, 7) is 1.26. The lowest BCUT2D eigenvalue weighted by Gasteiger charge is -2.27. The number of amides is 1. The number of nitrogens with zero attached hydrogens (tertiary/aromatic N) is 2. The van der Waals surface area contributed by atoms with Gasteiger partial charge in [0.2, 0.25) is 5.91 Å². The van der Waals surface area contributed by atoms with Gasteiger partial charge in [0.15, 0.2) is 11.6 Å². The molecule has 4 nitrogen and oxygen atoms in total. The van der Waals surface area contributed by atoms with Crippen LogP contribution in [0.3, 0.4) is 0 Å². The Morgan fingerprint density at radius 3 is 3.07 bits per heavy atom. The lowest BCUT2D eigenvalue weighted by molar-refractivity contribution is -0.120. The third-order valence-electron chi connectivity index (χ3n) is 2.13. The van der Waals surface area contributed by atoms with E-state index in [1.807, 2.05) is 0 Å². The molecule has 1 amide bonds. The second-order valence-corrected chi connectivity index (χ2v) is 4.15. The smallest absolute Gasteiger partial charge is 0.239 e. The van der Waals surface area contributed by atoms with Gasteiger partial charge < -0.3 is 10.2 Å². The summed E-state index contributed by atoms with van der Waals surface area (Å²) in [5, 5.41) is 2.67. The van der Waals surface area contributed by atoms with Gasteiger partial charge in [-0.2, -0.15) is 0 Å². The van der Waals surface area contributed by atoms with Crippen LogP contribution in [0.1, 0.15) is 0 Å². The first-order chi connectivity index (χ1) is 7.16. The van der Waals surface area contributed by atoms with E-state index in [0.717, 1.165) is 0 Å². The third-order valence-corrected chi connectivity index (χ3v) is 2.56. The van der Waals surface area contributed by atoms with Gasteiger partial charge >= 0.3 is 0 Å². The maximum absolute atomic E-state index is 13.5. The minimum absolute atomic E-state index is 0.106. The van der Waals surface area contributed by atoms with Crippen LogP contribution in [-0.4, -0.2) is 30.5 Å². The number of pyridine rings is 1. The molecular weight excluding hydrogens is 265 g/mol. The summed E-state index contributed by atoms with van der Waals surface area (Å²) in [7, 11) is 0. The van der Waals surface area contributed by atoms with E-state index in [2.05, 4.69) is 26.2 Å². The van der Waals surface area contributed by atoms with E-state index < -0.39 is 5.82 Å². The first-order valence-corrected chi connectivity index (χ1v) is 5.29. The monoisotopic (exact) mass is 273 g/mol. The number of nitrogens with one attached hydrogen (secondary N) is 1. The average molecular weight is 274 g/mol.